The molecule has 2 aliphatic rings. The lowest BCUT2D eigenvalue weighted by Gasteiger charge is -2.37. The average Bonchev–Trinajstić information content (AvgIpc) is 3.10. The molecule has 1 aromatic carbocycles. The molecular weight excluding hydrogens is 374 g/mol. The molecule has 2 fully saturated rings. The van der Waals surface area contributed by atoms with Crippen molar-refractivity contribution in [3.05, 3.63) is 48.0 Å². The highest BCUT2D eigenvalue weighted by Crippen LogP contribution is 2.24. The number of hydrogen-bond donors (Lipinski definition) is 0. The lowest BCUT2D eigenvalue weighted by molar-refractivity contribution is -0.133. The molecule has 0 bridgehead atoms. The van der Waals surface area contributed by atoms with Gasteiger partial charge in [-0.15, -0.1) is 10.2 Å². The second kappa shape index (κ2) is 9.92. The first kappa shape index (κ1) is 20.6. The van der Waals surface area contributed by atoms with Crippen LogP contribution in [0.15, 0.2) is 42.5 Å². The Kier molecular flexibility index (Phi) is 6.82. The molecule has 6 nitrogen and oxygen atoms in total. The molecule has 3 heterocycles. The number of benzene rings is 1. The summed E-state index contributed by atoms with van der Waals surface area (Å²) in [6, 6.07) is 14.3. The Morgan fingerprint density at radius 2 is 1.37 bits per heavy atom. The fraction of sp³-hybridized carbons (Fsp3) is 0.542. The van der Waals surface area contributed by atoms with Gasteiger partial charge in [0.25, 0.3) is 0 Å². The normalized spacial score (nSPS) is 18.8. The molecule has 4 rings (SSSR count). The lowest BCUT2D eigenvalue weighted by Crippen LogP contribution is -2.50. The van der Waals surface area contributed by atoms with E-state index in [1.165, 1.54) is 25.7 Å². The maximum absolute atomic E-state index is 13.1. The van der Waals surface area contributed by atoms with Crippen LogP contribution in [-0.4, -0.2) is 60.3 Å². The van der Waals surface area contributed by atoms with Gasteiger partial charge >= 0.3 is 0 Å². The Balaban J connectivity index is 1.34. The topological polar surface area (TPSA) is 52.6 Å². The van der Waals surface area contributed by atoms with Gasteiger partial charge in [-0.1, -0.05) is 50.1 Å². The monoisotopic (exact) mass is 407 g/mol. The summed E-state index contributed by atoms with van der Waals surface area (Å²) in [5.74, 6) is 2.09. The highest BCUT2D eigenvalue weighted by Gasteiger charge is 2.28. The first-order chi connectivity index (χ1) is 14.8. The zero-order valence-corrected chi connectivity index (χ0v) is 18.0. The van der Waals surface area contributed by atoms with Crippen LogP contribution in [0, 0.1) is 0 Å². The molecule has 1 atom stereocenters. The van der Waals surface area contributed by atoms with Crippen LogP contribution in [0.5, 0.6) is 0 Å². The Morgan fingerprint density at radius 1 is 0.800 bits per heavy atom. The average molecular weight is 408 g/mol. The first-order valence-corrected chi connectivity index (χ1v) is 11.4. The van der Waals surface area contributed by atoms with Crippen LogP contribution < -0.4 is 9.80 Å². The van der Waals surface area contributed by atoms with E-state index in [2.05, 4.69) is 51.2 Å². The van der Waals surface area contributed by atoms with Crippen LogP contribution in [0.25, 0.3) is 0 Å². The van der Waals surface area contributed by atoms with E-state index >= 15 is 0 Å². The van der Waals surface area contributed by atoms with Crippen molar-refractivity contribution in [2.24, 2.45) is 0 Å². The van der Waals surface area contributed by atoms with E-state index in [9.17, 15) is 4.79 Å². The molecule has 1 amide bonds. The zero-order chi connectivity index (χ0) is 20.8. The predicted octanol–water partition coefficient (Wildman–Crippen LogP) is 3.70. The van der Waals surface area contributed by atoms with Gasteiger partial charge in [0.1, 0.15) is 0 Å². The third kappa shape index (κ3) is 4.74. The number of rotatable bonds is 5. The number of carbonyl (C=O) groups excluding carboxylic acids is 1. The minimum Gasteiger partial charge on any atom is -0.355 e. The van der Waals surface area contributed by atoms with Crippen molar-refractivity contribution in [2.75, 3.05) is 49.1 Å². The molecule has 0 saturated carbocycles. The van der Waals surface area contributed by atoms with E-state index in [1.54, 1.807) is 0 Å². The number of carbonyl (C=O) groups is 1. The third-order valence-corrected chi connectivity index (χ3v) is 6.39. The van der Waals surface area contributed by atoms with Crippen LogP contribution in [0.4, 0.5) is 11.6 Å². The van der Waals surface area contributed by atoms with Crippen LogP contribution in [0.1, 0.15) is 50.5 Å². The lowest BCUT2D eigenvalue weighted by atomic mass is 9.95. The fourth-order valence-electron chi connectivity index (χ4n) is 4.57. The maximum atomic E-state index is 13.1. The molecule has 160 valence electrons. The number of anilines is 2. The summed E-state index contributed by atoms with van der Waals surface area (Å²) < 4.78 is 0. The van der Waals surface area contributed by atoms with Gasteiger partial charge in [0.05, 0.1) is 5.92 Å². The SMILES string of the molecule is CC[C@@H](C(=O)N1CCN(c2ccc(N3CCCCCC3)nn2)CC1)c1ccccc1. The van der Waals surface area contributed by atoms with Crippen molar-refractivity contribution in [3.63, 3.8) is 0 Å². The van der Waals surface area contributed by atoms with Crippen molar-refractivity contribution in [2.45, 2.75) is 44.9 Å². The minimum atomic E-state index is -0.0505. The summed E-state index contributed by atoms with van der Waals surface area (Å²) in [4.78, 5) is 19.7. The zero-order valence-electron chi connectivity index (χ0n) is 18.0. The van der Waals surface area contributed by atoms with Gasteiger partial charge in [0, 0.05) is 39.3 Å². The molecular formula is C24H33N5O. The van der Waals surface area contributed by atoms with Gasteiger partial charge in [-0.25, -0.2) is 0 Å². The standard InChI is InChI=1S/C24H33N5O/c1-2-21(20-10-6-5-7-11-20)24(30)29-18-16-28(17-19-29)23-13-12-22(25-26-23)27-14-8-3-4-9-15-27/h5-7,10-13,21H,2-4,8-9,14-19H2,1H3/t21-/m1/s1. The Bertz CT molecular complexity index is 794. The highest BCUT2D eigenvalue weighted by molar-refractivity contribution is 5.84. The summed E-state index contributed by atoms with van der Waals surface area (Å²) in [7, 11) is 0. The molecule has 30 heavy (non-hydrogen) atoms. The number of piperazine rings is 1. The van der Waals surface area contributed by atoms with Crippen molar-refractivity contribution >= 4 is 17.5 Å². The molecule has 2 aromatic rings. The van der Waals surface area contributed by atoms with E-state index in [0.29, 0.717) is 0 Å². The maximum Gasteiger partial charge on any atom is 0.230 e. The summed E-state index contributed by atoms with van der Waals surface area (Å²) in [5, 5.41) is 9.02. The van der Waals surface area contributed by atoms with Crippen LogP contribution in [-0.2, 0) is 4.79 Å². The quantitative estimate of drug-likeness (QED) is 0.756. The predicted molar refractivity (Wildman–Crippen MR) is 121 cm³/mol. The molecule has 6 heteroatoms. The van der Waals surface area contributed by atoms with E-state index in [-0.39, 0.29) is 11.8 Å². The smallest absolute Gasteiger partial charge is 0.230 e. The van der Waals surface area contributed by atoms with Gasteiger partial charge in [0.15, 0.2) is 11.6 Å². The van der Waals surface area contributed by atoms with Gasteiger partial charge < -0.3 is 14.7 Å². The van der Waals surface area contributed by atoms with Crippen molar-refractivity contribution in [3.8, 4) is 0 Å². The molecule has 0 unspecified atom stereocenters. The summed E-state index contributed by atoms with van der Waals surface area (Å²) in [6.45, 7) is 7.32. The Morgan fingerprint density at radius 3 is 1.90 bits per heavy atom. The van der Waals surface area contributed by atoms with Crippen LogP contribution in [0.3, 0.4) is 0 Å². The van der Waals surface area contributed by atoms with Gasteiger partial charge in [-0.3, -0.25) is 4.79 Å². The van der Waals surface area contributed by atoms with Crippen molar-refractivity contribution in [1.29, 1.82) is 0 Å². The third-order valence-electron chi connectivity index (χ3n) is 6.39. The minimum absolute atomic E-state index is 0.0505. The largest absolute Gasteiger partial charge is 0.355 e. The van der Waals surface area contributed by atoms with Gasteiger partial charge in [0.2, 0.25) is 5.91 Å². The van der Waals surface area contributed by atoms with Crippen LogP contribution >= 0.6 is 0 Å². The summed E-state index contributed by atoms with van der Waals surface area (Å²) >= 11 is 0. The second-order valence-electron chi connectivity index (χ2n) is 8.33. The molecule has 0 spiro atoms. The number of aromatic nitrogens is 2. The van der Waals surface area contributed by atoms with Gasteiger partial charge in [-0.05, 0) is 37.0 Å². The molecule has 0 N–H and O–H groups in total. The summed E-state index contributed by atoms with van der Waals surface area (Å²) in [6.07, 6.45) is 5.93. The second-order valence-corrected chi connectivity index (χ2v) is 8.33. The number of amides is 1. The number of nitrogens with zero attached hydrogens (tertiary/aromatic N) is 5. The molecule has 2 saturated heterocycles. The fourth-order valence-corrected chi connectivity index (χ4v) is 4.57. The number of hydrogen-bond acceptors (Lipinski definition) is 5. The van der Waals surface area contributed by atoms with E-state index in [1.807, 2.05) is 23.1 Å². The summed E-state index contributed by atoms with van der Waals surface area (Å²) in [5.41, 5.74) is 1.11. The molecule has 0 aliphatic carbocycles. The van der Waals surface area contributed by atoms with E-state index in [0.717, 1.165) is 62.9 Å². The van der Waals surface area contributed by atoms with Crippen molar-refractivity contribution in [1.82, 2.24) is 15.1 Å². The molecule has 1 aromatic heterocycles. The van der Waals surface area contributed by atoms with Crippen molar-refractivity contribution < 1.29 is 4.79 Å². The van der Waals surface area contributed by atoms with Gasteiger partial charge in [-0.2, -0.15) is 0 Å². The van der Waals surface area contributed by atoms with E-state index < -0.39 is 0 Å². The Labute approximate surface area is 179 Å². The molecule has 0 radical (unpaired) electrons. The highest BCUT2D eigenvalue weighted by atomic mass is 16.2. The Hall–Kier alpha value is -2.63. The molecule has 2 aliphatic heterocycles. The van der Waals surface area contributed by atoms with E-state index in [4.69, 9.17) is 0 Å². The first-order valence-electron chi connectivity index (χ1n) is 11.4. The van der Waals surface area contributed by atoms with Crippen LogP contribution in [0.2, 0.25) is 0 Å².